The maximum atomic E-state index is 13.1. The molecular weight excluding hydrogens is 780 g/mol. The normalized spacial score (nSPS) is 52.1. The van der Waals surface area contributed by atoms with E-state index in [1.165, 1.54) is 12.5 Å². The molecule has 15 heteroatoms. The molecule has 2 saturated heterocycles. The van der Waals surface area contributed by atoms with E-state index in [-0.39, 0.29) is 40.6 Å². The lowest BCUT2D eigenvalue weighted by atomic mass is 9.33. The molecule has 0 amide bonds. The Kier molecular flexibility index (Phi) is 12.1. The maximum absolute atomic E-state index is 13.1. The highest BCUT2D eigenvalue weighted by Gasteiger charge is 2.72. The molecule has 0 aromatic heterocycles. The second-order valence-electron chi connectivity index (χ2n) is 21.9. The number of ether oxygens (including phenoxy) is 5. The standard InChI is InChI=1S/C45H72O15/c1-21-32(50)34(52)36(54)38(57-21)56-20-45-24(17-40(3,4)18-28(45)47)23-10-11-27-42(7)14-13-29(60-39-37(55)35(53)33(51)25(59-39)16-31(48)49)41(5,6)26(42)12-15-43(27,8)44(23,9)19-30(45)58-22(2)46/h10,21,24-30,32-39,47,50-55H,11-20H2,1-9H3,(H,48,49)/t21-,24-,25+,26-,27+,28-,29-,30-,32-,33+,34+,35-,36+,37+,38+,39-,42-,43+,44+,45+/m0/s1. The fourth-order valence-electron chi connectivity index (χ4n) is 14.4. The predicted molar refractivity (Wildman–Crippen MR) is 213 cm³/mol. The van der Waals surface area contributed by atoms with Crippen molar-refractivity contribution < 1.29 is 74.1 Å². The number of carbonyl (C=O) groups excluding carboxylic acids is 1. The molecule has 0 bridgehead atoms. The third-order valence-electron chi connectivity index (χ3n) is 17.8. The van der Waals surface area contributed by atoms with E-state index < -0.39 is 114 Å². The molecule has 7 aliphatic rings. The number of rotatable bonds is 8. The number of aliphatic hydroxyl groups excluding tert-OH is 7. The van der Waals surface area contributed by atoms with E-state index in [9.17, 15) is 50.4 Å². The number of hydrogen-bond acceptors (Lipinski definition) is 14. The predicted octanol–water partition coefficient (Wildman–Crippen LogP) is 2.81. The van der Waals surface area contributed by atoms with E-state index in [4.69, 9.17) is 23.7 Å². The lowest BCUT2D eigenvalue weighted by Crippen LogP contribution is -2.70. The molecule has 342 valence electrons. The lowest BCUT2D eigenvalue weighted by molar-refractivity contribution is -0.328. The SMILES string of the molecule is CC(=O)O[C@H]1C[C@]2(C)C(=CC[C@@H]3[C@@]4(C)CC[C@H](O[C@@H]5O[C@H](CC(=O)O)[C@@H](O)[C@H](O)[C@H]5O)C(C)(C)[C@@H]4CC[C@]32C)[C@@H]2CC(C)(C)C[C@H](O)[C@]12CO[C@@H]1O[C@@H](C)[C@H](O)[C@@H](O)[C@H]1O. The highest BCUT2D eigenvalue weighted by atomic mass is 16.7. The quantitative estimate of drug-likeness (QED) is 0.0995. The molecule has 0 aromatic rings. The van der Waals surface area contributed by atoms with Crippen LogP contribution in [0.4, 0.5) is 0 Å². The van der Waals surface area contributed by atoms with Crippen LogP contribution in [0.2, 0.25) is 0 Å². The summed E-state index contributed by atoms with van der Waals surface area (Å²) in [6, 6.07) is 0. The van der Waals surface area contributed by atoms with Gasteiger partial charge in [0, 0.05) is 6.92 Å². The zero-order chi connectivity index (χ0) is 44.3. The highest BCUT2D eigenvalue weighted by Crippen LogP contribution is 2.76. The molecule has 15 nitrogen and oxygen atoms in total. The number of carbonyl (C=O) groups is 2. The van der Waals surface area contributed by atoms with Gasteiger partial charge in [0.25, 0.3) is 0 Å². The Labute approximate surface area is 353 Å². The summed E-state index contributed by atoms with van der Waals surface area (Å²) in [4.78, 5) is 24.6. The van der Waals surface area contributed by atoms with E-state index in [0.29, 0.717) is 25.7 Å². The molecule has 8 N–H and O–H groups in total. The summed E-state index contributed by atoms with van der Waals surface area (Å²) in [6.07, 6.45) is -8.55. The van der Waals surface area contributed by atoms with Gasteiger partial charge in [-0.1, -0.05) is 60.1 Å². The van der Waals surface area contributed by atoms with E-state index in [1.807, 2.05) is 0 Å². The fourth-order valence-corrected chi connectivity index (χ4v) is 14.4. The number of carboxylic acids is 1. The molecule has 5 aliphatic carbocycles. The van der Waals surface area contributed by atoms with E-state index in [2.05, 4.69) is 54.5 Å². The van der Waals surface area contributed by atoms with Crippen molar-refractivity contribution >= 4 is 11.9 Å². The summed E-state index contributed by atoms with van der Waals surface area (Å²) in [6.45, 7) is 18.6. The number of aliphatic hydroxyl groups is 7. The van der Waals surface area contributed by atoms with E-state index in [1.54, 1.807) is 6.92 Å². The van der Waals surface area contributed by atoms with Crippen molar-refractivity contribution in [2.45, 2.75) is 200 Å². The maximum Gasteiger partial charge on any atom is 0.306 e. The van der Waals surface area contributed by atoms with Crippen molar-refractivity contribution in [1.82, 2.24) is 0 Å². The van der Waals surface area contributed by atoms with E-state index in [0.717, 1.165) is 25.7 Å². The summed E-state index contributed by atoms with van der Waals surface area (Å²) in [5, 5.41) is 85.8. The first-order valence-electron chi connectivity index (χ1n) is 22.2. The molecule has 0 spiro atoms. The monoisotopic (exact) mass is 852 g/mol. The summed E-state index contributed by atoms with van der Waals surface area (Å²) < 4.78 is 30.9. The van der Waals surface area contributed by atoms with E-state index >= 15 is 0 Å². The van der Waals surface area contributed by atoms with Gasteiger partial charge in [-0.3, -0.25) is 9.59 Å². The lowest BCUT2D eigenvalue weighted by Gasteiger charge is -2.72. The van der Waals surface area contributed by atoms with Gasteiger partial charge in [0.15, 0.2) is 12.6 Å². The van der Waals surface area contributed by atoms with Gasteiger partial charge in [0.05, 0.1) is 42.9 Å². The Bertz CT molecular complexity index is 1670. The Balaban J connectivity index is 1.21. The number of fused-ring (bicyclic) bond motifs is 7. The largest absolute Gasteiger partial charge is 0.481 e. The van der Waals surface area contributed by atoms with Crippen LogP contribution in [0.25, 0.3) is 0 Å². The highest BCUT2D eigenvalue weighted by molar-refractivity contribution is 5.67. The molecular formula is C45H72O15. The number of hydrogen-bond donors (Lipinski definition) is 8. The molecule has 2 heterocycles. The van der Waals surface area contributed by atoms with Crippen LogP contribution < -0.4 is 0 Å². The first-order valence-corrected chi connectivity index (χ1v) is 22.2. The Morgan fingerprint density at radius 1 is 0.767 bits per heavy atom. The van der Waals surface area contributed by atoms with Gasteiger partial charge < -0.3 is 64.5 Å². The van der Waals surface area contributed by atoms with Gasteiger partial charge in [0.2, 0.25) is 0 Å². The van der Waals surface area contributed by atoms with Crippen LogP contribution in [0, 0.1) is 50.2 Å². The van der Waals surface area contributed by atoms with Gasteiger partial charge in [-0.2, -0.15) is 0 Å². The topological polar surface area (TPSA) is 242 Å². The average Bonchev–Trinajstić information content (AvgIpc) is 3.13. The Morgan fingerprint density at radius 2 is 1.42 bits per heavy atom. The minimum atomic E-state index is -1.63. The summed E-state index contributed by atoms with van der Waals surface area (Å²) in [7, 11) is 0. The summed E-state index contributed by atoms with van der Waals surface area (Å²) in [5.74, 6) is -1.57. The summed E-state index contributed by atoms with van der Waals surface area (Å²) >= 11 is 0. The third kappa shape index (κ3) is 7.12. The molecule has 2 aliphatic heterocycles. The van der Waals surface area contributed by atoms with Gasteiger partial charge >= 0.3 is 11.9 Å². The van der Waals surface area contributed by atoms with Crippen molar-refractivity contribution in [2.75, 3.05) is 6.61 Å². The van der Waals surface area contributed by atoms with Crippen molar-refractivity contribution in [2.24, 2.45) is 50.2 Å². The van der Waals surface area contributed by atoms with Crippen molar-refractivity contribution in [3.05, 3.63) is 11.6 Å². The second kappa shape index (κ2) is 15.7. The first kappa shape index (κ1) is 46.2. The molecule has 20 atom stereocenters. The fraction of sp³-hybridized carbons (Fsp3) is 0.911. The average molecular weight is 853 g/mol. The molecule has 0 aromatic carbocycles. The van der Waals surface area contributed by atoms with Gasteiger partial charge in [-0.05, 0) is 103 Å². The zero-order valence-electron chi connectivity index (χ0n) is 36.8. The summed E-state index contributed by atoms with van der Waals surface area (Å²) in [5.41, 5.74) is -1.48. The Hall–Kier alpha value is -1.76. The molecule has 6 fully saturated rings. The molecule has 7 rings (SSSR count). The van der Waals surface area contributed by atoms with Gasteiger partial charge in [-0.25, -0.2) is 0 Å². The third-order valence-corrected chi connectivity index (χ3v) is 17.8. The van der Waals surface area contributed by atoms with Gasteiger partial charge in [0.1, 0.15) is 42.7 Å². The minimum Gasteiger partial charge on any atom is -0.481 e. The number of allylic oxidation sites excluding steroid dienone is 2. The smallest absolute Gasteiger partial charge is 0.306 e. The van der Waals surface area contributed by atoms with Crippen LogP contribution in [-0.2, 0) is 33.3 Å². The van der Waals surface area contributed by atoms with Crippen LogP contribution >= 0.6 is 0 Å². The second-order valence-corrected chi connectivity index (χ2v) is 21.9. The molecule has 60 heavy (non-hydrogen) atoms. The van der Waals surface area contributed by atoms with Crippen LogP contribution in [0.1, 0.15) is 120 Å². The number of aliphatic carboxylic acids is 1. The van der Waals surface area contributed by atoms with Gasteiger partial charge in [-0.15, -0.1) is 0 Å². The van der Waals surface area contributed by atoms with Crippen LogP contribution in [0.5, 0.6) is 0 Å². The molecule has 0 radical (unpaired) electrons. The van der Waals surface area contributed by atoms with Crippen molar-refractivity contribution in [1.29, 1.82) is 0 Å². The van der Waals surface area contributed by atoms with Crippen molar-refractivity contribution in [3.63, 3.8) is 0 Å². The van der Waals surface area contributed by atoms with Crippen LogP contribution in [-0.4, -0.2) is 139 Å². The number of esters is 1. The molecule has 0 unspecified atom stereocenters. The Morgan fingerprint density at radius 3 is 2.07 bits per heavy atom. The van der Waals surface area contributed by atoms with Crippen molar-refractivity contribution in [3.8, 4) is 0 Å². The molecule has 4 saturated carbocycles. The van der Waals surface area contributed by atoms with Crippen LogP contribution in [0.15, 0.2) is 11.6 Å². The van der Waals surface area contributed by atoms with Crippen LogP contribution in [0.3, 0.4) is 0 Å². The minimum absolute atomic E-state index is 0.112. The zero-order valence-corrected chi connectivity index (χ0v) is 36.8. The number of carboxylic acid groups (broad SMARTS) is 1. The first-order chi connectivity index (χ1) is 27.7.